The molecule has 0 heterocycles. The van der Waals surface area contributed by atoms with E-state index in [1.54, 1.807) is 84.9 Å². The molecular formula is C30H25BrN2O6. The fourth-order valence-electron chi connectivity index (χ4n) is 3.86. The number of benzene rings is 4. The van der Waals surface area contributed by atoms with E-state index in [2.05, 4.69) is 26.5 Å². The zero-order chi connectivity index (χ0) is 27.8. The van der Waals surface area contributed by atoms with Crippen LogP contribution in [0.1, 0.15) is 32.6 Å². The second-order valence-corrected chi connectivity index (χ2v) is 9.31. The molecule has 0 saturated carbocycles. The molecule has 1 amide bonds. The van der Waals surface area contributed by atoms with Crippen LogP contribution in [0.2, 0.25) is 0 Å². The number of nitrogens with one attached hydrogen (secondary N) is 1. The van der Waals surface area contributed by atoms with Gasteiger partial charge in [0.1, 0.15) is 6.61 Å². The number of hydrogen-bond donors (Lipinski definition) is 3. The van der Waals surface area contributed by atoms with E-state index in [1.165, 1.54) is 25.5 Å². The number of rotatable bonds is 10. The van der Waals surface area contributed by atoms with E-state index in [1.807, 2.05) is 0 Å². The summed E-state index contributed by atoms with van der Waals surface area (Å²) in [6.07, 6.45) is 1.43. The number of hydrazone groups is 1. The quantitative estimate of drug-likeness (QED) is 0.175. The molecule has 0 aliphatic carbocycles. The lowest BCUT2D eigenvalue weighted by Gasteiger charge is -2.27. The second-order valence-electron chi connectivity index (χ2n) is 8.46. The molecule has 0 fully saturated rings. The van der Waals surface area contributed by atoms with Crippen LogP contribution in [0.5, 0.6) is 11.5 Å². The maximum Gasteiger partial charge on any atom is 0.335 e. The van der Waals surface area contributed by atoms with Gasteiger partial charge in [0.25, 0.3) is 5.91 Å². The minimum Gasteiger partial charge on any atom is -0.493 e. The highest BCUT2D eigenvalue weighted by Crippen LogP contribution is 2.34. The number of hydrogen-bond acceptors (Lipinski definition) is 6. The lowest BCUT2D eigenvalue weighted by Crippen LogP contribution is -2.43. The van der Waals surface area contributed by atoms with Gasteiger partial charge < -0.3 is 19.7 Å². The van der Waals surface area contributed by atoms with E-state index in [-0.39, 0.29) is 12.2 Å². The number of nitrogens with zero attached hydrogens (tertiary/aromatic N) is 1. The van der Waals surface area contributed by atoms with Gasteiger partial charge in [-0.2, -0.15) is 5.10 Å². The molecule has 0 atom stereocenters. The van der Waals surface area contributed by atoms with E-state index >= 15 is 0 Å². The largest absolute Gasteiger partial charge is 0.493 e. The van der Waals surface area contributed by atoms with Crippen molar-refractivity contribution in [1.29, 1.82) is 0 Å². The molecule has 0 spiro atoms. The Morgan fingerprint density at radius 3 is 2.05 bits per heavy atom. The Balaban J connectivity index is 1.50. The molecule has 0 unspecified atom stereocenters. The smallest absolute Gasteiger partial charge is 0.335 e. The van der Waals surface area contributed by atoms with Crippen molar-refractivity contribution in [2.45, 2.75) is 12.2 Å². The lowest BCUT2D eigenvalue weighted by atomic mass is 9.85. The first kappa shape index (κ1) is 27.6. The van der Waals surface area contributed by atoms with E-state index in [0.717, 1.165) is 5.56 Å². The van der Waals surface area contributed by atoms with Crippen LogP contribution >= 0.6 is 15.9 Å². The van der Waals surface area contributed by atoms with Crippen molar-refractivity contribution < 1.29 is 29.3 Å². The van der Waals surface area contributed by atoms with Crippen LogP contribution in [0.15, 0.2) is 107 Å². The number of carbonyl (C=O) groups is 2. The highest BCUT2D eigenvalue weighted by molar-refractivity contribution is 9.10. The zero-order valence-corrected chi connectivity index (χ0v) is 22.5. The Kier molecular flexibility index (Phi) is 8.75. The Hall–Kier alpha value is -4.47. The molecule has 0 aliphatic heterocycles. The fraction of sp³-hybridized carbons (Fsp3) is 0.100. The predicted molar refractivity (Wildman–Crippen MR) is 150 cm³/mol. The Morgan fingerprint density at radius 1 is 0.923 bits per heavy atom. The predicted octanol–water partition coefficient (Wildman–Crippen LogP) is 5.12. The molecule has 39 heavy (non-hydrogen) atoms. The average Bonchev–Trinajstić information content (AvgIpc) is 2.97. The lowest BCUT2D eigenvalue weighted by molar-refractivity contribution is -0.136. The van der Waals surface area contributed by atoms with E-state index in [9.17, 15) is 14.7 Å². The Morgan fingerprint density at radius 2 is 1.51 bits per heavy atom. The fourth-order valence-corrected chi connectivity index (χ4v) is 4.28. The maximum atomic E-state index is 13.2. The number of halogens is 1. The van der Waals surface area contributed by atoms with Crippen molar-refractivity contribution in [1.82, 2.24) is 5.43 Å². The molecule has 0 saturated heterocycles. The average molecular weight is 589 g/mol. The van der Waals surface area contributed by atoms with Crippen LogP contribution in [0.25, 0.3) is 0 Å². The molecule has 0 bridgehead atoms. The normalized spacial score (nSPS) is 11.3. The Labute approximate surface area is 233 Å². The molecule has 4 aromatic rings. The topological polar surface area (TPSA) is 117 Å². The van der Waals surface area contributed by atoms with Gasteiger partial charge in [-0.3, -0.25) is 4.79 Å². The summed E-state index contributed by atoms with van der Waals surface area (Å²) < 4.78 is 12.0. The minimum atomic E-state index is -1.95. The third-order valence-corrected chi connectivity index (χ3v) is 6.65. The van der Waals surface area contributed by atoms with Crippen LogP contribution in [-0.4, -0.2) is 35.4 Å². The monoisotopic (exact) mass is 588 g/mol. The summed E-state index contributed by atoms with van der Waals surface area (Å²) in [4.78, 5) is 24.3. The second kappa shape index (κ2) is 12.4. The first-order valence-electron chi connectivity index (χ1n) is 11.8. The number of aromatic carboxylic acids is 1. The summed E-state index contributed by atoms with van der Waals surface area (Å²) in [5.41, 5.74) is 2.89. The van der Waals surface area contributed by atoms with Crippen LogP contribution < -0.4 is 14.9 Å². The number of amides is 1. The summed E-state index contributed by atoms with van der Waals surface area (Å²) in [6, 6.07) is 27.1. The van der Waals surface area contributed by atoms with Gasteiger partial charge in [0.15, 0.2) is 17.1 Å². The maximum absolute atomic E-state index is 13.2. The van der Waals surface area contributed by atoms with Crippen molar-refractivity contribution in [3.8, 4) is 11.5 Å². The molecule has 0 aromatic heterocycles. The molecule has 4 rings (SSSR count). The highest BCUT2D eigenvalue weighted by atomic mass is 79.9. The molecule has 9 heteroatoms. The van der Waals surface area contributed by atoms with Gasteiger partial charge in [-0.25, -0.2) is 10.2 Å². The standard InChI is InChI=1S/C30H25BrN2O6/c1-38-26-16-22(25(31)17-27(26)39-19-20-12-14-21(15-13-20)28(34)35)18-32-33-29(36)30(37,23-8-4-2-5-9-23)24-10-6-3-7-11-24/h2-18,37H,19H2,1H3,(H,33,36)(H,34,35). The first-order chi connectivity index (χ1) is 18.8. The van der Waals surface area contributed by atoms with Gasteiger partial charge in [0.2, 0.25) is 0 Å². The summed E-state index contributed by atoms with van der Waals surface area (Å²) in [5, 5.41) is 24.7. The molecule has 8 nitrogen and oxygen atoms in total. The zero-order valence-electron chi connectivity index (χ0n) is 20.9. The number of carbonyl (C=O) groups excluding carboxylic acids is 1. The van der Waals surface area contributed by atoms with Crippen molar-refractivity contribution in [3.05, 3.63) is 129 Å². The van der Waals surface area contributed by atoms with Gasteiger partial charge in [-0.05, 0) is 56.9 Å². The van der Waals surface area contributed by atoms with Crippen molar-refractivity contribution in [2.24, 2.45) is 5.10 Å². The number of methoxy groups -OCH3 is 1. The number of carboxylic acids is 1. The first-order valence-corrected chi connectivity index (χ1v) is 12.6. The van der Waals surface area contributed by atoms with Gasteiger partial charge >= 0.3 is 5.97 Å². The molecular weight excluding hydrogens is 564 g/mol. The number of carboxylic acid groups (broad SMARTS) is 1. The van der Waals surface area contributed by atoms with Crippen molar-refractivity contribution in [3.63, 3.8) is 0 Å². The number of aliphatic hydroxyl groups is 1. The van der Waals surface area contributed by atoms with Gasteiger partial charge in [-0.1, -0.05) is 72.8 Å². The van der Waals surface area contributed by atoms with E-state index < -0.39 is 17.5 Å². The SMILES string of the molecule is COc1cc(C=NNC(=O)C(O)(c2ccccc2)c2ccccc2)c(Br)cc1OCc1ccc(C(=O)O)cc1. The highest BCUT2D eigenvalue weighted by Gasteiger charge is 2.39. The van der Waals surface area contributed by atoms with Crippen molar-refractivity contribution >= 4 is 34.0 Å². The van der Waals surface area contributed by atoms with Crippen LogP contribution in [-0.2, 0) is 17.0 Å². The molecule has 0 radical (unpaired) electrons. The van der Waals surface area contributed by atoms with Gasteiger partial charge in [0.05, 0.1) is 18.9 Å². The summed E-state index contributed by atoms with van der Waals surface area (Å²) in [5.74, 6) is -0.826. The summed E-state index contributed by atoms with van der Waals surface area (Å²) in [6.45, 7) is 0.198. The van der Waals surface area contributed by atoms with E-state index in [0.29, 0.717) is 32.7 Å². The molecule has 198 valence electrons. The van der Waals surface area contributed by atoms with Gasteiger partial charge in [-0.15, -0.1) is 0 Å². The summed E-state index contributed by atoms with van der Waals surface area (Å²) >= 11 is 3.49. The van der Waals surface area contributed by atoms with Gasteiger partial charge in [0, 0.05) is 10.0 Å². The minimum absolute atomic E-state index is 0.195. The van der Waals surface area contributed by atoms with Crippen LogP contribution in [0.3, 0.4) is 0 Å². The number of ether oxygens (including phenoxy) is 2. The van der Waals surface area contributed by atoms with Crippen LogP contribution in [0, 0.1) is 0 Å². The van der Waals surface area contributed by atoms with Crippen LogP contribution in [0.4, 0.5) is 0 Å². The third kappa shape index (κ3) is 6.34. The summed E-state index contributed by atoms with van der Waals surface area (Å²) in [7, 11) is 1.50. The Bertz CT molecular complexity index is 1440. The molecule has 4 aromatic carbocycles. The molecule has 3 N–H and O–H groups in total. The van der Waals surface area contributed by atoms with E-state index in [4.69, 9.17) is 14.6 Å². The third-order valence-electron chi connectivity index (χ3n) is 5.96. The molecule has 0 aliphatic rings. The van der Waals surface area contributed by atoms with Crippen molar-refractivity contribution in [2.75, 3.05) is 7.11 Å².